The number of nitrogens with zero attached hydrogens (tertiary/aromatic N) is 1. The smallest absolute Gasteiger partial charge is 0.153 e. The van der Waals surface area contributed by atoms with E-state index in [0.717, 1.165) is 23.0 Å². The van der Waals surface area contributed by atoms with Crippen molar-refractivity contribution in [3.05, 3.63) is 47.8 Å². The number of aromatic nitrogens is 1. The molecule has 0 saturated heterocycles. The number of hydrogen-bond acceptors (Lipinski definition) is 3. The Morgan fingerprint density at radius 1 is 1.29 bits per heavy atom. The van der Waals surface area contributed by atoms with Crippen LogP contribution in [-0.2, 0) is 0 Å². The summed E-state index contributed by atoms with van der Waals surface area (Å²) in [7, 11) is 1.56. The first kappa shape index (κ1) is 11.3. The van der Waals surface area contributed by atoms with E-state index in [-0.39, 0.29) is 0 Å². The summed E-state index contributed by atoms with van der Waals surface area (Å²) in [5.41, 5.74) is 3.70. The fourth-order valence-corrected chi connectivity index (χ4v) is 1.79. The summed E-state index contributed by atoms with van der Waals surface area (Å²) >= 11 is 0. The molecule has 0 atom stereocenters. The predicted octanol–water partition coefficient (Wildman–Crippen LogP) is 2.88. The molecule has 0 aliphatic carbocycles. The van der Waals surface area contributed by atoms with E-state index >= 15 is 0 Å². The molecule has 0 saturated carbocycles. The second-order valence-corrected chi connectivity index (χ2v) is 3.77. The SMILES string of the molecule is COc1ccc(-c2ccncc2C)cc1C=O. The Morgan fingerprint density at radius 3 is 2.76 bits per heavy atom. The molecule has 0 amide bonds. The summed E-state index contributed by atoms with van der Waals surface area (Å²) in [5.74, 6) is 0.593. The minimum absolute atomic E-state index is 0.557. The number of carbonyl (C=O) groups is 1. The van der Waals surface area contributed by atoms with Gasteiger partial charge in [0.25, 0.3) is 0 Å². The first-order valence-corrected chi connectivity index (χ1v) is 5.30. The van der Waals surface area contributed by atoms with Crippen LogP contribution in [0.3, 0.4) is 0 Å². The number of hydrogen-bond donors (Lipinski definition) is 0. The van der Waals surface area contributed by atoms with Gasteiger partial charge in [-0.05, 0) is 41.8 Å². The van der Waals surface area contributed by atoms with Crippen LogP contribution in [0, 0.1) is 6.92 Å². The zero-order chi connectivity index (χ0) is 12.3. The van der Waals surface area contributed by atoms with E-state index in [2.05, 4.69) is 4.98 Å². The maximum absolute atomic E-state index is 11.0. The van der Waals surface area contributed by atoms with Crippen molar-refractivity contribution in [3.8, 4) is 16.9 Å². The van der Waals surface area contributed by atoms with Crippen LogP contribution in [0.5, 0.6) is 5.75 Å². The van der Waals surface area contributed by atoms with Crippen molar-refractivity contribution < 1.29 is 9.53 Å². The van der Waals surface area contributed by atoms with Gasteiger partial charge < -0.3 is 4.74 Å². The van der Waals surface area contributed by atoms with Crippen LogP contribution < -0.4 is 4.74 Å². The van der Waals surface area contributed by atoms with Crippen molar-refractivity contribution in [1.82, 2.24) is 4.98 Å². The minimum atomic E-state index is 0.557. The zero-order valence-corrected chi connectivity index (χ0v) is 9.81. The average Bonchev–Trinajstić information content (AvgIpc) is 2.38. The van der Waals surface area contributed by atoms with E-state index in [1.807, 2.05) is 25.1 Å². The van der Waals surface area contributed by atoms with Gasteiger partial charge in [-0.15, -0.1) is 0 Å². The van der Waals surface area contributed by atoms with Gasteiger partial charge in [-0.25, -0.2) is 0 Å². The number of methoxy groups -OCH3 is 1. The number of rotatable bonds is 3. The lowest BCUT2D eigenvalue weighted by Crippen LogP contribution is -1.92. The van der Waals surface area contributed by atoms with Gasteiger partial charge in [-0.2, -0.15) is 0 Å². The molecule has 3 nitrogen and oxygen atoms in total. The Bertz CT molecular complexity index is 550. The van der Waals surface area contributed by atoms with Crippen LogP contribution in [0.1, 0.15) is 15.9 Å². The molecule has 86 valence electrons. The van der Waals surface area contributed by atoms with Gasteiger partial charge in [-0.3, -0.25) is 9.78 Å². The Kier molecular flexibility index (Phi) is 3.19. The zero-order valence-electron chi connectivity index (χ0n) is 9.81. The van der Waals surface area contributed by atoms with Crippen LogP contribution in [0.15, 0.2) is 36.7 Å². The van der Waals surface area contributed by atoms with Crippen LogP contribution in [0.25, 0.3) is 11.1 Å². The number of carbonyl (C=O) groups excluding carboxylic acids is 1. The van der Waals surface area contributed by atoms with Gasteiger partial charge in [0.1, 0.15) is 5.75 Å². The standard InChI is InChI=1S/C14H13NO2/c1-10-8-15-6-5-13(10)11-3-4-14(17-2)12(7-11)9-16/h3-9H,1-2H3. The van der Waals surface area contributed by atoms with Crippen LogP contribution in [0.4, 0.5) is 0 Å². The summed E-state index contributed by atoms with van der Waals surface area (Å²) < 4.78 is 5.11. The molecule has 0 aliphatic heterocycles. The first-order valence-electron chi connectivity index (χ1n) is 5.30. The largest absolute Gasteiger partial charge is 0.496 e. The number of benzene rings is 1. The van der Waals surface area contributed by atoms with Crippen molar-refractivity contribution in [3.63, 3.8) is 0 Å². The maximum atomic E-state index is 11.0. The van der Waals surface area contributed by atoms with Gasteiger partial charge >= 0.3 is 0 Å². The molecule has 0 aliphatic rings. The summed E-state index contributed by atoms with van der Waals surface area (Å²) in [4.78, 5) is 15.0. The summed E-state index contributed by atoms with van der Waals surface area (Å²) in [6, 6.07) is 7.51. The number of ether oxygens (including phenoxy) is 1. The van der Waals surface area contributed by atoms with Crippen LogP contribution >= 0.6 is 0 Å². The van der Waals surface area contributed by atoms with Gasteiger partial charge in [0.2, 0.25) is 0 Å². The second kappa shape index (κ2) is 4.78. The Labute approximate surface area is 100 Å². The third kappa shape index (κ3) is 2.18. The molecule has 1 aromatic heterocycles. The first-order chi connectivity index (χ1) is 8.26. The molecule has 0 spiro atoms. The van der Waals surface area contributed by atoms with Crippen molar-refractivity contribution in [2.24, 2.45) is 0 Å². The summed E-state index contributed by atoms with van der Waals surface area (Å²) in [5, 5.41) is 0. The highest BCUT2D eigenvalue weighted by molar-refractivity contribution is 5.83. The Balaban J connectivity index is 2.54. The normalized spacial score (nSPS) is 10.0. The molecule has 1 heterocycles. The molecule has 0 unspecified atom stereocenters. The molecular formula is C14H13NO2. The Morgan fingerprint density at radius 2 is 2.12 bits per heavy atom. The monoisotopic (exact) mass is 227 g/mol. The second-order valence-electron chi connectivity index (χ2n) is 3.77. The molecule has 3 heteroatoms. The molecule has 1 aromatic carbocycles. The lowest BCUT2D eigenvalue weighted by Gasteiger charge is -2.08. The van der Waals surface area contributed by atoms with Crippen molar-refractivity contribution >= 4 is 6.29 Å². The molecule has 0 radical (unpaired) electrons. The molecule has 17 heavy (non-hydrogen) atoms. The highest BCUT2D eigenvalue weighted by atomic mass is 16.5. The fourth-order valence-electron chi connectivity index (χ4n) is 1.79. The summed E-state index contributed by atoms with van der Waals surface area (Å²) in [6.45, 7) is 1.99. The fraction of sp³-hybridized carbons (Fsp3) is 0.143. The highest BCUT2D eigenvalue weighted by Gasteiger charge is 2.06. The molecule has 0 bridgehead atoms. The minimum Gasteiger partial charge on any atom is -0.496 e. The van der Waals surface area contributed by atoms with Gasteiger partial charge in [0.05, 0.1) is 12.7 Å². The van der Waals surface area contributed by atoms with Gasteiger partial charge in [-0.1, -0.05) is 6.07 Å². The van der Waals surface area contributed by atoms with Crippen molar-refractivity contribution in [1.29, 1.82) is 0 Å². The lowest BCUT2D eigenvalue weighted by molar-refractivity contribution is 0.112. The van der Waals surface area contributed by atoms with Crippen LogP contribution in [-0.4, -0.2) is 18.4 Å². The maximum Gasteiger partial charge on any atom is 0.153 e. The van der Waals surface area contributed by atoms with E-state index in [4.69, 9.17) is 4.74 Å². The molecule has 2 rings (SSSR count). The van der Waals surface area contributed by atoms with Gasteiger partial charge in [0, 0.05) is 12.4 Å². The quantitative estimate of drug-likeness (QED) is 0.757. The summed E-state index contributed by atoms with van der Waals surface area (Å²) in [6.07, 6.45) is 4.35. The lowest BCUT2D eigenvalue weighted by atomic mass is 10.0. The topological polar surface area (TPSA) is 39.2 Å². The molecule has 0 N–H and O–H groups in total. The predicted molar refractivity (Wildman–Crippen MR) is 66.3 cm³/mol. The highest BCUT2D eigenvalue weighted by Crippen LogP contribution is 2.27. The third-order valence-electron chi connectivity index (χ3n) is 2.69. The van der Waals surface area contributed by atoms with E-state index in [9.17, 15) is 4.79 Å². The van der Waals surface area contributed by atoms with Crippen LogP contribution in [0.2, 0.25) is 0 Å². The Hall–Kier alpha value is -2.16. The molecular weight excluding hydrogens is 214 g/mol. The van der Waals surface area contributed by atoms with Crippen molar-refractivity contribution in [2.75, 3.05) is 7.11 Å². The number of aryl methyl sites for hydroxylation is 1. The third-order valence-corrected chi connectivity index (χ3v) is 2.69. The number of aldehydes is 1. The molecule has 2 aromatic rings. The number of pyridine rings is 1. The van der Waals surface area contributed by atoms with E-state index < -0.39 is 0 Å². The van der Waals surface area contributed by atoms with E-state index in [0.29, 0.717) is 11.3 Å². The van der Waals surface area contributed by atoms with Gasteiger partial charge in [0.15, 0.2) is 6.29 Å². The van der Waals surface area contributed by atoms with Crippen molar-refractivity contribution in [2.45, 2.75) is 6.92 Å². The molecule has 0 fully saturated rings. The average molecular weight is 227 g/mol. The van der Waals surface area contributed by atoms with E-state index in [1.165, 1.54) is 0 Å². The van der Waals surface area contributed by atoms with E-state index in [1.54, 1.807) is 25.6 Å².